The zero-order valence-corrected chi connectivity index (χ0v) is 14.0. The van der Waals surface area contributed by atoms with Gasteiger partial charge in [-0.2, -0.15) is 0 Å². The second kappa shape index (κ2) is 7.86. The van der Waals surface area contributed by atoms with Gasteiger partial charge in [0, 0.05) is 19.5 Å². The largest absolute Gasteiger partial charge is 0.493 e. The number of rotatable bonds is 6. The Hall–Kier alpha value is -2.49. The van der Waals surface area contributed by atoms with Crippen molar-refractivity contribution in [1.82, 2.24) is 4.90 Å². The van der Waals surface area contributed by atoms with E-state index < -0.39 is 0 Å². The second-order valence-corrected chi connectivity index (χ2v) is 6.03. The number of carbonyl (C=O) groups excluding carboxylic acids is 1. The van der Waals surface area contributed by atoms with Crippen LogP contribution in [0.25, 0.3) is 0 Å². The van der Waals surface area contributed by atoms with Gasteiger partial charge < -0.3 is 14.4 Å². The molecule has 4 heteroatoms. The second-order valence-electron chi connectivity index (χ2n) is 6.03. The lowest BCUT2D eigenvalue weighted by atomic mass is 10.1. The molecule has 2 aromatic carbocycles. The van der Waals surface area contributed by atoms with E-state index in [0.29, 0.717) is 25.3 Å². The fourth-order valence-corrected chi connectivity index (χ4v) is 2.91. The van der Waals surface area contributed by atoms with Gasteiger partial charge >= 0.3 is 0 Å². The number of benzene rings is 2. The zero-order chi connectivity index (χ0) is 16.8. The summed E-state index contributed by atoms with van der Waals surface area (Å²) in [4.78, 5) is 13.9. The van der Waals surface area contributed by atoms with Crippen LogP contribution < -0.4 is 9.47 Å². The number of amides is 1. The summed E-state index contributed by atoms with van der Waals surface area (Å²) >= 11 is 0. The van der Waals surface area contributed by atoms with Crippen molar-refractivity contribution in [3.8, 4) is 11.5 Å². The van der Waals surface area contributed by atoms with Crippen LogP contribution in [0.3, 0.4) is 0 Å². The summed E-state index contributed by atoms with van der Waals surface area (Å²) in [6, 6.07) is 15.9. The van der Waals surface area contributed by atoms with Crippen molar-refractivity contribution >= 4 is 5.91 Å². The SMILES string of the molecule is COc1cc(CN2CCCCC2=O)ccc1OCc1ccccc1. The van der Waals surface area contributed by atoms with Crippen molar-refractivity contribution in [2.75, 3.05) is 13.7 Å². The van der Waals surface area contributed by atoms with Crippen molar-refractivity contribution in [2.24, 2.45) is 0 Å². The standard InChI is InChI=1S/C20H23NO3/c1-23-19-13-17(14-21-12-6-5-9-20(21)22)10-11-18(19)24-15-16-7-3-2-4-8-16/h2-4,7-8,10-11,13H,5-6,9,12,14-15H2,1H3. The third-order valence-electron chi connectivity index (χ3n) is 4.26. The molecule has 2 aromatic rings. The lowest BCUT2D eigenvalue weighted by Crippen LogP contribution is -2.34. The van der Waals surface area contributed by atoms with Crippen LogP contribution in [0.5, 0.6) is 11.5 Å². The van der Waals surface area contributed by atoms with Crippen molar-refractivity contribution in [3.05, 3.63) is 59.7 Å². The Morgan fingerprint density at radius 3 is 2.58 bits per heavy atom. The summed E-state index contributed by atoms with van der Waals surface area (Å²) in [5, 5.41) is 0. The summed E-state index contributed by atoms with van der Waals surface area (Å²) in [5.74, 6) is 1.66. The number of nitrogens with zero attached hydrogens (tertiary/aromatic N) is 1. The van der Waals surface area contributed by atoms with Gasteiger partial charge in [0.1, 0.15) is 6.61 Å². The van der Waals surface area contributed by atoms with Gasteiger partial charge in [0.15, 0.2) is 11.5 Å². The molecule has 1 fully saturated rings. The molecule has 0 spiro atoms. The van der Waals surface area contributed by atoms with E-state index in [1.54, 1.807) is 7.11 Å². The van der Waals surface area contributed by atoms with E-state index in [2.05, 4.69) is 0 Å². The van der Waals surface area contributed by atoms with Crippen LogP contribution in [0.4, 0.5) is 0 Å². The first-order chi connectivity index (χ1) is 11.8. The summed E-state index contributed by atoms with van der Waals surface area (Å²) in [6.07, 6.45) is 2.75. The average molecular weight is 325 g/mol. The van der Waals surface area contributed by atoms with Gasteiger partial charge in [-0.25, -0.2) is 0 Å². The maximum absolute atomic E-state index is 11.9. The maximum atomic E-state index is 11.9. The van der Waals surface area contributed by atoms with Crippen LogP contribution >= 0.6 is 0 Å². The van der Waals surface area contributed by atoms with Crippen LogP contribution in [-0.2, 0) is 17.9 Å². The lowest BCUT2D eigenvalue weighted by molar-refractivity contribution is -0.133. The van der Waals surface area contributed by atoms with Crippen LogP contribution in [0.2, 0.25) is 0 Å². The van der Waals surface area contributed by atoms with Gasteiger partial charge in [0.2, 0.25) is 5.91 Å². The van der Waals surface area contributed by atoms with Crippen molar-refractivity contribution < 1.29 is 14.3 Å². The van der Waals surface area contributed by atoms with E-state index in [1.165, 1.54) is 0 Å². The highest BCUT2D eigenvalue weighted by molar-refractivity contribution is 5.76. The number of likely N-dealkylation sites (tertiary alicyclic amines) is 1. The molecule has 4 nitrogen and oxygen atoms in total. The van der Waals surface area contributed by atoms with Crippen molar-refractivity contribution in [3.63, 3.8) is 0 Å². The molecule has 0 bridgehead atoms. The van der Waals surface area contributed by atoms with Crippen LogP contribution in [-0.4, -0.2) is 24.5 Å². The first kappa shape index (κ1) is 16.4. The fraction of sp³-hybridized carbons (Fsp3) is 0.350. The summed E-state index contributed by atoms with van der Waals surface area (Å²) in [6.45, 7) is 1.97. The fourth-order valence-electron chi connectivity index (χ4n) is 2.91. The van der Waals surface area contributed by atoms with E-state index in [1.807, 2.05) is 53.4 Å². The Labute approximate surface area is 143 Å². The van der Waals surface area contributed by atoms with Gasteiger partial charge in [0.25, 0.3) is 0 Å². The molecule has 1 aliphatic heterocycles. The summed E-state index contributed by atoms with van der Waals surface area (Å²) in [5.41, 5.74) is 2.18. The Balaban J connectivity index is 1.67. The predicted molar refractivity (Wildman–Crippen MR) is 93.0 cm³/mol. The molecule has 0 N–H and O–H groups in total. The molecule has 0 atom stereocenters. The molecular formula is C20H23NO3. The molecule has 0 radical (unpaired) electrons. The molecule has 0 aliphatic carbocycles. The predicted octanol–water partition coefficient (Wildman–Crippen LogP) is 3.79. The monoisotopic (exact) mass is 325 g/mol. The summed E-state index contributed by atoms with van der Waals surface area (Å²) < 4.78 is 11.3. The molecule has 1 amide bonds. The number of ether oxygens (including phenoxy) is 2. The molecule has 0 saturated carbocycles. The van der Waals surface area contributed by atoms with Crippen LogP contribution in [0, 0.1) is 0 Å². The number of carbonyl (C=O) groups is 1. The molecule has 1 aliphatic rings. The molecule has 1 heterocycles. The third-order valence-corrected chi connectivity index (χ3v) is 4.26. The number of piperidine rings is 1. The highest BCUT2D eigenvalue weighted by Crippen LogP contribution is 2.29. The molecule has 3 rings (SSSR count). The van der Waals surface area contributed by atoms with E-state index >= 15 is 0 Å². The Kier molecular flexibility index (Phi) is 5.36. The van der Waals surface area contributed by atoms with Gasteiger partial charge in [-0.15, -0.1) is 0 Å². The zero-order valence-electron chi connectivity index (χ0n) is 14.0. The van der Waals surface area contributed by atoms with Crippen molar-refractivity contribution in [2.45, 2.75) is 32.4 Å². The molecule has 126 valence electrons. The third kappa shape index (κ3) is 4.07. The minimum absolute atomic E-state index is 0.240. The maximum Gasteiger partial charge on any atom is 0.222 e. The van der Waals surface area contributed by atoms with E-state index in [9.17, 15) is 4.79 Å². The van der Waals surface area contributed by atoms with Crippen molar-refractivity contribution in [1.29, 1.82) is 0 Å². The van der Waals surface area contributed by atoms with E-state index in [-0.39, 0.29) is 5.91 Å². The topological polar surface area (TPSA) is 38.8 Å². The average Bonchev–Trinajstić information content (AvgIpc) is 2.63. The minimum Gasteiger partial charge on any atom is -0.493 e. The Bertz CT molecular complexity index is 685. The molecule has 1 saturated heterocycles. The van der Waals surface area contributed by atoms with Gasteiger partial charge in [-0.3, -0.25) is 4.79 Å². The van der Waals surface area contributed by atoms with E-state index in [4.69, 9.17) is 9.47 Å². The number of hydrogen-bond acceptors (Lipinski definition) is 3. The van der Waals surface area contributed by atoms with Gasteiger partial charge in [-0.05, 0) is 36.1 Å². The first-order valence-electron chi connectivity index (χ1n) is 8.37. The Morgan fingerprint density at radius 1 is 1.00 bits per heavy atom. The first-order valence-corrected chi connectivity index (χ1v) is 8.37. The molecular weight excluding hydrogens is 302 g/mol. The lowest BCUT2D eigenvalue weighted by Gasteiger charge is -2.27. The molecule has 24 heavy (non-hydrogen) atoms. The highest BCUT2D eigenvalue weighted by Gasteiger charge is 2.18. The Morgan fingerprint density at radius 2 is 1.83 bits per heavy atom. The van der Waals surface area contributed by atoms with E-state index in [0.717, 1.165) is 36.3 Å². The molecule has 0 aromatic heterocycles. The summed E-state index contributed by atoms with van der Waals surface area (Å²) in [7, 11) is 1.64. The van der Waals surface area contributed by atoms with Gasteiger partial charge in [-0.1, -0.05) is 36.4 Å². The number of methoxy groups -OCH3 is 1. The quantitative estimate of drug-likeness (QED) is 0.811. The minimum atomic E-state index is 0.240. The normalized spacial score (nSPS) is 14.5. The number of hydrogen-bond donors (Lipinski definition) is 0. The highest BCUT2D eigenvalue weighted by atomic mass is 16.5. The molecule has 0 unspecified atom stereocenters. The smallest absolute Gasteiger partial charge is 0.222 e. The van der Waals surface area contributed by atoms with Gasteiger partial charge in [0.05, 0.1) is 7.11 Å². The van der Waals surface area contributed by atoms with Crippen LogP contribution in [0.15, 0.2) is 48.5 Å². The van der Waals surface area contributed by atoms with Crippen LogP contribution in [0.1, 0.15) is 30.4 Å².